The Morgan fingerprint density at radius 3 is 2.81 bits per heavy atom. The highest BCUT2D eigenvalue weighted by molar-refractivity contribution is 7.91. The van der Waals surface area contributed by atoms with Gasteiger partial charge >= 0.3 is 0 Å². The van der Waals surface area contributed by atoms with Gasteiger partial charge in [0.2, 0.25) is 0 Å². The van der Waals surface area contributed by atoms with E-state index in [9.17, 15) is 8.42 Å². The molecule has 1 atom stereocenters. The van der Waals surface area contributed by atoms with E-state index in [4.69, 9.17) is 0 Å². The first-order chi connectivity index (χ1) is 7.53. The Morgan fingerprint density at radius 1 is 1.50 bits per heavy atom. The summed E-state index contributed by atoms with van der Waals surface area (Å²) in [4.78, 5) is 0. The van der Waals surface area contributed by atoms with Crippen LogP contribution in [0.25, 0.3) is 0 Å². The quantitative estimate of drug-likeness (QED) is 0.782. The molecule has 0 aliphatic heterocycles. The molecule has 0 aromatic carbocycles. The number of hydrogen-bond donors (Lipinski definition) is 1. The smallest absolute Gasteiger partial charge is 0.151 e. The molecule has 1 unspecified atom stereocenters. The molecule has 0 aliphatic rings. The molecular weight excluding hydrogens is 226 g/mol. The van der Waals surface area contributed by atoms with E-state index in [-0.39, 0.29) is 17.5 Å². The van der Waals surface area contributed by atoms with Crippen LogP contribution in [0.1, 0.15) is 19.5 Å². The summed E-state index contributed by atoms with van der Waals surface area (Å²) < 4.78 is 22.7. The van der Waals surface area contributed by atoms with Crippen LogP contribution >= 0.6 is 0 Å². The molecule has 1 heterocycles. The number of sulfone groups is 1. The minimum Gasteiger partial charge on any atom is -0.308 e. The minimum atomic E-state index is -2.92. The third-order valence-electron chi connectivity index (χ3n) is 2.20. The predicted molar refractivity (Wildman–Crippen MR) is 62.7 cm³/mol. The Hall–Kier alpha value is -1.01. The van der Waals surface area contributed by atoms with Crippen LogP contribution in [-0.2, 0) is 16.4 Å². The summed E-state index contributed by atoms with van der Waals surface area (Å²) in [6, 6.07) is 3.57. The van der Waals surface area contributed by atoms with Crippen LogP contribution in [-0.4, -0.2) is 36.2 Å². The first kappa shape index (κ1) is 13.1. The largest absolute Gasteiger partial charge is 0.308 e. The highest BCUT2D eigenvalue weighted by atomic mass is 32.2. The zero-order valence-corrected chi connectivity index (χ0v) is 10.4. The van der Waals surface area contributed by atoms with Gasteiger partial charge in [0, 0.05) is 24.5 Å². The van der Waals surface area contributed by atoms with Crippen molar-refractivity contribution in [2.75, 3.05) is 11.5 Å². The second-order valence-electron chi connectivity index (χ2n) is 3.70. The fraction of sp³-hybridized carbons (Fsp3) is 0.600. The van der Waals surface area contributed by atoms with Crippen LogP contribution in [0.3, 0.4) is 0 Å². The molecule has 0 radical (unpaired) electrons. The minimum absolute atomic E-state index is 0.0769. The Kier molecular flexibility index (Phi) is 4.82. The monoisotopic (exact) mass is 243 g/mol. The summed E-state index contributed by atoms with van der Waals surface area (Å²) in [7, 11) is -2.92. The summed E-state index contributed by atoms with van der Waals surface area (Å²) >= 11 is 0. The fourth-order valence-corrected chi connectivity index (χ4v) is 2.38. The lowest BCUT2D eigenvalue weighted by Crippen LogP contribution is -2.33. The predicted octanol–water partition coefficient (Wildman–Crippen LogP) is 0.389. The number of rotatable bonds is 6. The number of aromatic nitrogens is 2. The molecule has 0 spiro atoms. The van der Waals surface area contributed by atoms with Gasteiger partial charge < -0.3 is 5.32 Å². The molecule has 5 nitrogen and oxygen atoms in total. The number of hydrogen-bond acceptors (Lipinski definition) is 5. The standard InChI is InChI=1S/C10H17N3O2S/c1-3-16(14,15)8-9(2)11-7-10-5-4-6-12-13-10/h4-6,9,11H,3,7-8H2,1-2H3. The van der Waals surface area contributed by atoms with Crippen molar-refractivity contribution < 1.29 is 8.42 Å². The highest BCUT2D eigenvalue weighted by Gasteiger charge is 2.13. The Morgan fingerprint density at radius 2 is 2.25 bits per heavy atom. The lowest BCUT2D eigenvalue weighted by atomic mass is 10.3. The van der Waals surface area contributed by atoms with Crippen molar-refractivity contribution in [2.24, 2.45) is 0 Å². The first-order valence-electron chi connectivity index (χ1n) is 5.24. The molecule has 1 aromatic rings. The van der Waals surface area contributed by atoms with Crippen LogP contribution in [0.15, 0.2) is 18.3 Å². The third-order valence-corrected chi connectivity index (χ3v) is 4.09. The molecule has 0 aliphatic carbocycles. The van der Waals surface area contributed by atoms with E-state index in [1.165, 1.54) is 0 Å². The van der Waals surface area contributed by atoms with E-state index in [0.29, 0.717) is 6.54 Å². The zero-order valence-electron chi connectivity index (χ0n) is 9.55. The molecule has 0 amide bonds. The topological polar surface area (TPSA) is 72.0 Å². The van der Waals surface area contributed by atoms with Crippen molar-refractivity contribution in [3.63, 3.8) is 0 Å². The Bertz CT molecular complexity index is 405. The van der Waals surface area contributed by atoms with Gasteiger partial charge in [-0.05, 0) is 19.1 Å². The Labute approximate surface area is 96.2 Å². The van der Waals surface area contributed by atoms with Crippen molar-refractivity contribution in [1.29, 1.82) is 0 Å². The molecule has 0 saturated carbocycles. The van der Waals surface area contributed by atoms with Gasteiger partial charge in [-0.3, -0.25) is 0 Å². The molecule has 0 saturated heterocycles. The van der Waals surface area contributed by atoms with E-state index < -0.39 is 9.84 Å². The van der Waals surface area contributed by atoms with Crippen LogP contribution in [0.5, 0.6) is 0 Å². The van der Waals surface area contributed by atoms with Gasteiger partial charge in [-0.1, -0.05) is 6.92 Å². The number of nitrogens with one attached hydrogen (secondary N) is 1. The fourth-order valence-electron chi connectivity index (χ4n) is 1.26. The van der Waals surface area contributed by atoms with Crippen molar-refractivity contribution in [2.45, 2.75) is 26.4 Å². The van der Waals surface area contributed by atoms with Crippen LogP contribution in [0.4, 0.5) is 0 Å². The average Bonchev–Trinajstić information content (AvgIpc) is 2.27. The van der Waals surface area contributed by atoms with E-state index in [1.807, 2.05) is 13.0 Å². The van der Waals surface area contributed by atoms with E-state index in [1.54, 1.807) is 19.2 Å². The van der Waals surface area contributed by atoms with Gasteiger partial charge in [-0.2, -0.15) is 10.2 Å². The Balaban J connectivity index is 2.39. The molecular formula is C10H17N3O2S. The maximum absolute atomic E-state index is 11.4. The molecule has 1 aromatic heterocycles. The molecule has 6 heteroatoms. The third kappa shape index (κ3) is 4.67. The van der Waals surface area contributed by atoms with Crippen molar-refractivity contribution in [3.8, 4) is 0 Å². The summed E-state index contributed by atoms with van der Waals surface area (Å²) in [6.45, 7) is 4.04. The van der Waals surface area contributed by atoms with Gasteiger partial charge in [0.15, 0.2) is 9.84 Å². The summed E-state index contributed by atoms with van der Waals surface area (Å²) in [5.74, 6) is 0.341. The molecule has 16 heavy (non-hydrogen) atoms. The normalized spacial score (nSPS) is 13.6. The van der Waals surface area contributed by atoms with Gasteiger partial charge in [0.05, 0.1) is 11.4 Å². The molecule has 1 N–H and O–H groups in total. The van der Waals surface area contributed by atoms with Crippen molar-refractivity contribution >= 4 is 9.84 Å². The summed E-state index contributed by atoms with van der Waals surface area (Å²) in [6.07, 6.45) is 1.61. The van der Waals surface area contributed by atoms with Crippen molar-refractivity contribution in [1.82, 2.24) is 15.5 Å². The zero-order chi connectivity index (χ0) is 12.0. The SMILES string of the molecule is CCS(=O)(=O)CC(C)NCc1cccnn1. The maximum Gasteiger partial charge on any atom is 0.151 e. The summed E-state index contributed by atoms with van der Waals surface area (Å²) in [5.41, 5.74) is 0.809. The second-order valence-corrected chi connectivity index (χ2v) is 6.09. The summed E-state index contributed by atoms with van der Waals surface area (Å²) in [5, 5.41) is 10.8. The van der Waals surface area contributed by atoms with Gasteiger partial charge in [0.25, 0.3) is 0 Å². The molecule has 0 fully saturated rings. The molecule has 0 bridgehead atoms. The van der Waals surface area contributed by atoms with E-state index >= 15 is 0 Å². The lowest BCUT2D eigenvalue weighted by molar-refractivity contribution is 0.552. The molecule has 90 valence electrons. The van der Waals surface area contributed by atoms with Crippen molar-refractivity contribution in [3.05, 3.63) is 24.0 Å². The number of nitrogens with zero attached hydrogens (tertiary/aromatic N) is 2. The van der Waals surface area contributed by atoms with E-state index in [0.717, 1.165) is 5.69 Å². The van der Waals surface area contributed by atoms with Gasteiger partial charge in [-0.25, -0.2) is 8.42 Å². The maximum atomic E-state index is 11.4. The average molecular weight is 243 g/mol. The van der Waals surface area contributed by atoms with Gasteiger partial charge in [0.1, 0.15) is 0 Å². The highest BCUT2D eigenvalue weighted by Crippen LogP contribution is 1.96. The second kappa shape index (κ2) is 5.91. The van der Waals surface area contributed by atoms with Crippen LogP contribution < -0.4 is 5.32 Å². The first-order valence-corrected chi connectivity index (χ1v) is 7.06. The lowest BCUT2D eigenvalue weighted by Gasteiger charge is -2.12. The van der Waals surface area contributed by atoms with Gasteiger partial charge in [-0.15, -0.1) is 0 Å². The van der Waals surface area contributed by atoms with E-state index in [2.05, 4.69) is 15.5 Å². The van der Waals surface area contributed by atoms with Crippen LogP contribution in [0.2, 0.25) is 0 Å². The van der Waals surface area contributed by atoms with Crippen LogP contribution in [0, 0.1) is 0 Å². The molecule has 1 rings (SSSR count).